The molecule has 3 aromatic rings. The zero-order valence-electron chi connectivity index (χ0n) is 15.4. The van der Waals surface area contributed by atoms with Crippen LogP contribution in [-0.4, -0.2) is 21.0 Å². The van der Waals surface area contributed by atoms with Crippen LogP contribution in [-0.2, 0) is 4.79 Å². The monoisotopic (exact) mass is 458 g/mol. The number of nitrogens with zero attached hydrogens (tertiary/aromatic N) is 3. The fourth-order valence-corrected chi connectivity index (χ4v) is 4.17. The first kappa shape index (κ1) is 21.6. The Balaban J connectivity index is 0.00000150. The number of rotatable bonds is 2. The molecule has 136 valence electrons. The van der Waals surface area contributed by atoms with Crippen molar-refractivity contribution in [3.05, 3.63) is 68.3 Å². The molecule has 0 spiro atoms. The molecule has 1 saturated heterocycles. The van der Waals surface area contributed by atoms with Crippen molar-refractivity contribution in [1.82, 2.24) is 15.3 Å². The van der Waals surface area contributed by atoms with Crippen LogP contribution in [0.5, 0.6) is 0 Å². The van der Waals surface area contributed by atoms with Gasteiger partial charge in [0, 0.05) is 17.4 Å². The van der Waals surface area contributed by atoms with Crippen LogP contribution in [0.15, 0.2) is 52.6 Å². The normalized spacial score (nSPS) is 16.5. The molecule has 0 bridgehead atoms. The van der Waals surface area contributed by atoms with E-state index in [1.54, 1.807) is 30.6 Å². The van der Waals surface area contributed by atoms with E-state index in [2.05, 4.69) is 20.3 Å². The summed E-state index contributed by atoms with van der Waals surface area (Å²) in [7, 11) is 0. The van der Waals surface area contributed by atoms with Crippen molar-refractivity contribution in [2.24, 2.45) is 4.99 Å². The van der Waals surface area contributed by atoms with Crippen LogP contribution >= 0.6 is 46.6 Å². The molecule has 0 atom stereocenters. The maximum absolute atomic E-state index is 12.3. The summed E-state index contributed by atoms with van der Waals surface area (Å²) in [4.78, 5) is 25.6. The molecule has 0 unspecified atom stereocenters. The molecule has 1 aliphatic heterocycles. The van der Waals surface area contributed by atoms with E-state index in [9.17, 15) is 4.79 Å². The van der Waals surface area contributed by atoms with Crippen LogP contribution in [0, 0.1) is 0 Å². The van der Waals surface area contributed by atoms with Crippen LogP contribution in [0.3, 0.4) is 0 Å². The number of amides is 1. The van der Waals surface area contributed by atoms with Crippen molar-refractivity contribution >= 4 is 80.4 Å². The molecule has 1 fully saturated rings. The maximum Gasteiger partial charge on any atom is 1.00 e. The molecule has 0 aliphatic carbocycles. The fourth-order valence-electron chi connectivity index (χ4n) is 2.44. The predicted molar refractivity (Wildman–Crippen MR) is 113 cm³/mol. The van der Waals surface area contributed by atoms with E-state index < -0.39 is 0 Å². The number of aromatic nitrogens is 2. The molecule has 2 aromatic carbocycles. The average molecular weight is 460 g/mol. The molecule has 28 heavy (non-hydrogen) atoms. The quantitative estimate of drug-likeness (QED) is 0.473. The minimum Gasteiger partial charge on any atom is -1.00 e. The molecule has 0 radical (unpaired) electrons. The van der Waals surface area contributed by atoms with Crippen LogP contribution in [0.2, 0.25) is 15.1 Å². The van der Waals surface area contributed by atoms with Gasteiger partial charge in [-0.05, 0) is 47.7 Å². The van der Waals surface area contributed by atoms with Crippen molar-refractivity contribution in [3.63, 3.8) is 0 Å². The Morgan fingerprint density at radius 2 is 1.71 bits per heavy atom. The summed E-state index contributed by atoms with van der Waals surface area (Å²) in [6, 6.07) is 8.69. The third-order valence-corrected chi connectivity index (χ3v) is 5.34. The number of halogens is 3. The fraction of sp³-hybridized carbons (Fsp3) is 0. The van der Waals surface area contributed by atoms with E-state index in [0.717, 1.165) is 16.6 Å². The summed E-state index contributed by atoms with van der Waals surface area (Å²) in [5, 5.41) is 4.12. The van der Waals surface area contributed by atoms with E-state index in [1.807, 2.05) is 18.2 Å². The Kier molecular flexibility index (Phi) is 7.04. The first-order valence-electron chi connectivity index (χ1n) is 7.64. The van der Waals surface area contributed by atoms with Crippen LogP contribution in [0.4, 0.5) is 5.69 Å². The second-order valence-corrected chi connectivity index (χ2v) is 7.79. The van der Waals surface area contributed by atoms with Gasteiger partial charge in [0.15, 0.2) is 5.17 Å². The summed E-state index contributed by atoms with van der Waals surface area (Å²) >= 11 is 19.4. The van der Waals surface area contributed by atoms with E-state index >= 15 is 0 Å². The van der Waals surface area contributed by atoms with Gasteiger partial charge in [-0.15, -0.1) is 0 Å². The molecule has 10 heteroatoms. The number of fused-ring (bicyclic) bond motifs is 1. The molecular formula is C18H10Cl3N4NaOS. The maximum atomic E-state index is 12.3. The van der Waals surface area contributed by atoms with Crippen LogP contribution < -0.4 is 34.9 Å². The molecule has 4 rings (SSSR count). The van der Waals surface area contributed by atoms with Gasteiger partial charge in [-0.3, -0.25) is 14.8 Å². The van der Waals surface area contributed by atoms with Crippen molar-refractivity contribution in [1.29, 1.82) is 0 Å². The first-order chi connectivity index (χ1) is 13.0. The summed E-state index contributed by atoms with van der Waals surface area (Å²) in [6.45, 7) is 0. The molecule has 2 heterocycles. The average Bonchev–Trinajstić information content (AvgIpc) is 2.97. The van der Waals surface area contributed by atoms with Gasteiger partial charge in [0.25, 0.3) is 5.91 Å². The Morgan fingerprint density at radius 1 is 1.04 bits per heavy atom. The number of aliphatic imine (C=N–C) groups is 1. The summed E-state index contributed by atoms with van der Waals surface area (Å²) in [5.74, 6) is -0.251. The molecule has 1 aliphatic rings. The third kappa shape index (κ3) is 4.71. The molecule has 1 N–H and O–H groups in total. The van der Waals surface area contributed by atoms with Crippen LogP contribution in [0.1, 0.15) is 6.99 Å². The summed E-state index contributed by atoms with van der Waals surface area (Å²) in [6.07, 6.45) is 5.03. The zero-order valence-corrected chi connectivity index (χ0v) is 19.5. The van der Waals surface area contributed by atoms with Crippen molar-refractivity contribution in [3.8, 4) is 0 Å². The van der Waals surface area contributed by atoms with Gasteiger partial charge in [-0.25, -0.2) is 4.99 Å². The SMILES string of the molecule is O=C1NC(=Nc2c(Cl)cc(Cl)cc2Cl)S/C1=C\c1ccc2nccnc2c1.[H-].[Na+]. The topological polar surface area (TPSA) is 67.2 Å². The molecular weight excluding hydrogens is 450 g/mol. The Labute approximate surface area is 203 Å². The summed E-state index contributed by atoms with van der Waals surface area (Å²) < 4.78 is 0. The second-order valence-electron chi connectivity index (χ2n) is 5.50. The number of benzene rings is 2. The van der Waals surface area contributed by atoms with E-state index in [1.165, 1.54) is 11.8 Å². The number of carbonyl (C=O) groups excluding carboxylic acids is 1. The van der Waals surface area contributed by atoms with Crippen LogP contribution in [0.25, 0.3) is 17.1 Å². The van der Waals surface area contributed by atoms with Gasteiger partial charge in [0.2, 0.25) is 0 Å². The van der Waals surface area contributed by atoms with Gasteiger partial charge in [-0.2, -0.15) is 0 Å². The number of thioether (sulfide) groups is 1. The van der Waals surface area contributed by atoms with E-state index in [4.69, 9.17) is 34.8 Å². The molecule has 0 saturated carbocycles. The second kappa shape index (κ2) is 9.13. The third-order valence-electron chi connectivity index (χ3n) is 3.64. The Hall–Kier alpha value is -1.12. The van der Waals surface area contributed by atoms with Gasteiger partial charge < -0.3 is 6.74 Å². The van der Waals surface area contributed by atoms with E-state index in [-0.39, 0.29) is 36.9 Å². The van der Waals surface area contributed by atoms with Gasteiger partial charge in [0.1, 0.15) is 5.69 Å². The van der Waals surface area contributed by atoms with Gasteiger partial charge in [-0.1, -0.05) is 40.9 Å². The van der Waals surface area contributed by atoms with Crippen molar-refractivity contribution < 1.29 is 35.8 Å². The molecule has 5 nitrogen and oxygen atoms in total. The smallest absolute Gasteiger partial charge is 1.00 e. The van der Waals surface area contributed by atoms with Gasteiger partial charge in [0.05, 0.1) is 26.0 Å². The number of amidine groups is 1. The molecule has 1 amide bonds. The minimum atomic E-state index is -0.251. The first-order valence-corrected chi connectivity index (χ1v) is 9.59. The Bertz CT molecular complexity index is 1140. The molecule has 1 aromatic heterocycles. The standard InChI is InChI=1S/C18H9Cl3N4OS.Na.H/c19-10-7-11(20)16(12(21)8-10)24-18-25-17(26)15(27-18)6-9-1-2-13-14(5-9)23-4-3-22-13;;/h1-8H,(H,24,25,26);;/q;+1;-1/b15-6-;;. The minimum absolute atomic E-state index is 0. The Morgan fingerprint density at radius 3 is 2.43 bits per heavy atom. The number of hydrogen-bond donors (Lipinski definition) is 1. The number of hydrogen-bond acceptors (Lipinski definition) is 5. The largest absolute Gasteiger partial charge is 1.00 e. The van der Waals surface area contributed by atoms with Crippen molar-refractivity contribution in [2.75, 3.05) is 0 Å². The number of nitrogens with one attached hydrogen (secondary N) is 1. The van der Waals surface area contributed by atoms with E-state index in [0.29, 0.717) is 30.8 Å². The van der Waals surface area contributed by atoms with Crippen molar-refractivity contribution in [2.45, 2.75) is 0 Å². The summed E-state index contributed by atoms with van der Waals surface area (Å²) in [5.41, 5.74) is 2.73. The predicted octanol–water partition coefficient (Wildman–Crippen LogP) is 2.60. The number of carbonyl (C=O) groups is 1. The van der Waals surface area contributed by atoms with Gasteiger partial charge >= 0.3 is 29.6 Å². The zero-order chi connectivity index (χ0) is 19.0.